The van der Waals surface area contributed by atoms with Crippen LogP contribution >= 0.6 is 11.6 Å². The molecule has 0 aromatic carbocycles. The van der Waals surface area contributed by atoms with Crippen molar-refractivity contribution in [3.8, 4) is 5.75 Å². The van der Waals surface area contributed by atoms with Crippen LogP contribution in [0.2, 0.25) is 5.02 Å². The number of pyridine rings is 1. The van der Waals surface area contributed by atoms with Crippen LogP contribution in [0.4, 0.5) is 0 Å². The van der Waals surface area contributed by atoms with Crippen LogP contribution in [0.15, 0.2) is 36.9 Å². The molecule has 0 unspecified atom stereocenters. The molecule has 0 radical (unpaired) electrons. The van der Waals surface area contributed by atoms with E-state index in [1.807, 2.05) is 0 Å². The number of hydrogen-bond acceptors (Lipinski definition) is 5. The predicted octanol–water partition coefficient (Wildman–Crippen LogP) is 1.29. The summed E-state index contributed by atoms with van der Waals surface area (Å²) in [6.45, 7) is 0.771. The van der Waals surface area contributed by atoms with Gasteiger partial charge in [-0.15, -0.1) is 0 Å². The lowest BCUT2D eigenvalue weighted by Crippen LogP contribution is -2.45. The van der Waals surface area contributed by atoms with Gasteiger partial charge in [0.1, 0.15) is 6.10 Å². The molecular formula is C15H14ClN5O3. The Hall–Kier alpha value is -2.58. The first-order valence-electron chi connectivity index (χ1n) is 7.38. The second kappa shape index (κ2) is 6.14. The van der Waals surface area contributed by atoms with Gasteiger partial charge in [-0.05, 0) is 12.1 Å². The predicted molar refractivity (Wildman–Crippen MR) is 85.3 cm³/mol. The van der Waals surface area contributed by atoms with Crippen molar-refractivity contribution < 1.29 is 14.3 Å². The number of aromatic amines is 1. The number of rotatable bonds is 4. The Kier molecular flexibility index (Phi) is 3.83. The van der Waals surface area contributed by atoms with Gasteiger partial charge in [-0.25, -0.2) is 4.52 Å². The zero-order chi connectivity index (χ0) is 16.5. The van der Waals surface area contributed by atoms with Crippen molar-refractivity contribution in [1.82, 2.24) is 25.1 Å². The molecule has 2 N–H and O–H groups in total. The van der Waals surface area contributed by atoms with Gasteiger partial charge in [0.2, 0.25) is 0 Å². The number of H-pyrrole nitrogens is 1. The van der Waals surface area contributed by atoms with Crippen LogP contribution in [0.1, 0.15) is 10.4 Å². The zero-order valence-electron chi connectivity index (χ0n) is 12.5. The normalized spacial score (nSPS) is 20.4. The molecule has 1 aliphatic heterocycles. The highest BCUT2D eigenvalue weighted by atomic mass is 35.5. The third-order valence-corrected chi connectivity index (χ3v) is 4.15. The fourth-order valence-corrected chi connectivity index (χ4v) is 2.94. The maximum Gasteiger partial charge on any atom is 0.255 e. The number of carbonyl (C=O) groups excluding carboxylic acids is 1. The Balaban J connectivity index is 1.52. The number of carbonyl (C=O) groups is 1. The van der Waals surface area contributed by atoms with E-state index in [4.69, 9.17) is 21.1 Å². The average molecular weight is 348 g/mol. The van der Waals surface area contributed by atoms with Crippen LogP contribution in [0.5, 0.6) is 5.75 Å². The quantitative estimate of drug-likeness (QED) is 0.741. The third kappa shape index (κ3) is 2.70. The van der Waals surface area contributed by atoms with Crippen LogP contribution in [0, 0.1) is 0 Å². The highest BCUT2D eigenvalue weighted by Gasteiger charge is 2.32. The zero-order valence-corrected chi connectivity index (χ0v) is 13.2. The molecule has 1 amide bonds. The Labute approximate surface area is 141 Å². The summed E-state index contributed by atoms with van der Waals surface area (Å²) in [7, 11) is 0. The fourth-order valence-electron chi connectivity index (χ4n) is 2.68. The fraction of sp³-hybridized carbons (Fsp3) is 0.267. The number of hydrogen-bond donors (Lipinski definition) is 2. The largest absolute Gasteiger partial charge is 0.482 e. The molecule has 1 fully saturated rings. The summed E-state index contributed by atoms with van der Waals surface area (Å²) < 4.78 is 12.8. The monoisotopic (exact) mass is 347 g/mol. The highest BCUT2D eigenvalue weighted by molar-refractivity contribution is 6.34. The smallest absolute Gasteiger partial charge is 0.255 e. The number of halogens is 1. The first-order valence-corrected chi connectivity index (χ1v) is 7.76. The molecule has 1 saturated heterocycles. The lowest BCUT2D eigenvalue weighted by molar-refractivity contribution is 0.0906. The van der Waals surface area contributed by atoms with Crippen molar-refractivity contribution in [2.45, 2.75) is 12.1 Å². The highest BCUT2D eigenvalue weighted by Crippen LogP contribution is 2.21. The van der Waals surface area contributed by atoms with E-state index < -0.39 is 0 Å². The van der Waals surface area contributed by atoms with E-state index in [9.17, 15) is 4.79 Å². The molecule has 24 heavy (non-hydrogen) atoms. The molecule has 8 nitrogen and oxygen atoms in total. The van der Waals surface area contributed by atoms with E-state index >= 15 is 0 Å². The summed E-state index contributed by atoms with van der Waals surface area (Å²) in [5, 5.41) is 14.1. The van der Waals surface area contributed by atoms with Crippen molar-refractivity contribution in [3.63, 3.8) is 0 Å². The third-order valence-electron chi connectivity index (χ3n) is 3.84. The van der Waals surface area contributed by atoms with Crippen molar-refractivity contribution in [2.24, 2.45) is 0 Å². The van der Waals surface area contributed by atoms with Crippen molar-refractivity contribution in [2.75, 3.05) is 13.2 Å². The SMILES string of the molecule is O=C(N[C@H]1COC[C@H]1Oc1cn[nH]c1)c1cnn2cccc(Cl)c12. The molecule has 0 aliphatic carbocycles. The van der Waals surface area contributed by atoms with Crippen LogP contribution in [-0.2, 0) is 4.74 Å². The Morgan fingerprint density at radius 3 is 3.21 bits per heavy atom. The number of ether oxygens (including phenoxy) is 2. The van der Waals surface area contributed by atoms with Crippen LogP contribution < -0.4 is 10.1 Å². The van der Waals surface area contributed by atoms with Gasteiger partial charge >= 0.3 is 0 Å². The Bertz CT molecular complexity index is 863. The van der Waals surface area contributed by atoms with E-state index in [1.54, 1.807) is 35.2 Å². The summed E-state index contributed by atoms with van der Waals surface area (Å²) >= 11 is 6.19. The summed E-state index contributed by atoms with van der Waals surface area (Å²) in [5.74, 6) is 0.332. The minimum Gasteiger partial charge on any atom is -0.482 e. The van der Waals surface area contributed by atoms with Gasteiger partial charge in [-0.3, -0.25) is 9.89 Å². The molecule has 0 bridgehead atoms. The maximum atomic E-state index is 12.6. The van der Waals surface area contributed by atoms with Gasteiger partial charge in [0.25, 0.3) is 5.91 Å². The van der Waals surface area contributed by atoms with E-state index in [1.165, 1.54) is 6.20 Å². The topological polar surface area (TPSA) is 93.5 Å². The van der Waals surface area contributed by atoms with Gasteiger partial charge < -0.3 is 14.8 Å². The lowest BCUT2D eigenvalue weighted by atomic mass is 10.2. The van der Waals surface area contributed by atoms with Gasteiger partial charge in [-0.2, -0.15) is 10.2 Å². The molecule has 4 rings (SSSR count). The molecule has 124 valence electrons. The first kappa shape index (κ1) is 15.0. The lowest BCUT2D eigenvalue weighted by Gasteiger charge is -2.19. The van der Waals surface area contributed by atoms with Gasteiger partial charge in [-0.1, -0.05) is 11.6 Å². The van der Waals surface area contributed by atoms with Gasteiger partial charge in [0.15, 0.2) is 5.75 Å². The van der Waals surface area contributed by atoms with Crippen molar-refractivity contribution >= 4 is 23.0 Å². The van der Waals surface area contributed by atoms with Crippen LogP contribution in [-0.4, -0.2) is 51.1 Å². The second-order valence-electron chi connectivity index (χ2n) is 5.42. The first-order chi connectivity index (χ1) is 11.7. The Morgan fingerprint density at radius 1 is 1.46 bits per heavy atom. The Morgan fingerprint density at radius 2 is 2.38 bits per heavy atom. The van der Waals surface area contributed by atoms with Crippen LogP contribution in [0.25, 0.3) is 5.52 Å². The summed E-state index contributed by atoms with van der Waals surface area (Å²) in [5.41, 5.74) is 0.984. The standard InChI is InChI=1S/C15H14ClN5O3/c16-11-2-1-3-21-14(11)10(6-19-21)15(22)20-12-7-23-8-13(12)24-9-4-17-18-5-9/h1-6,12-13H,7-8H2,(H,17,18)(H,20,22)/t12-,13+/m0/s1. The number of nitrogens with one attached hydrogen (secondary N) is 2. The van der Waals surface area contributed by atoms with Gasteiger partial charge in [0, 0.05) is 6.20 Å². The van der Waals surface area contributed by atoms with Crippen molar-refractivity contribution in [1.29, 1.82) is 0 Å². The molecule has 3 aromatic rings. The molecular weight excluding hydrogens is 334 g/mol. The van der Waals surface area contributed by atoms with E-state index in [2.05, 4.69) is 20.6 Å². The molecule has 1 aliphatic rings. The number of nitrogens with zero attached hydrogens (tertiary/aromatic N) is 3. The van der Waals surface area contributed by atoms with E-state index in [0.29, 0.717) is 35.1 Å². The summed E-state index contributed by atoms with van der Waals surface area (Å²) in [6.07, 6.45) is 6.16. The summed E-state index contributed by atoms with van der Waals surface area (Å²) in [4.78, 5) is 12.6. The van der Waals surface area contributed by atoms with Gasteiger partial charge in [0.05, 0.1) is 53.9 Å². The number of aromatic nitrogens is 4. The molecule has 3 aromatic heterocycles. The van der Waals surface area contributed by atoms with E-state index in [0.717, 1.165) is 0 Å². The average Bonchev–Trinajstić information content (AvgIpc) is 3.29. The molecule has 0 saturated carbocycles. The number of amides is 1. The second-order valence-corrected chi connectivity index (χ2v) is 5.82. The van der Waals surface area contributed by atoms with Crippen molar-refractivity contribution in [3.05, 3.63) is 47.5 Å². The minimum atomic E-state index is -0.288. The molecule has 4 heterocycles. The molecule has 0 spiro atoms. The molecule has 2 atom stereocenters. The number of fused-ring (bicyclic) bond motifs is 1. The van der Waals surface area contributed by atoms with Crippen LogP contribution in [0.3, 0.4) is 0 Å². The molecule has 9 heteroatoms. The summed E-state index contributed by atoms with van der Waals surface area (Å²) in [6, 6.07) is 3.22. The maximum absolute atomic E-state index is 12.6. The van der Waals surface area contributed by atoms with E-state index in [-0.39, 0.29) is 18.1 Å². The minimum absolute atomic E-state index is 0.269.